The third-order valence-corrected chi connectivity index (χ3v) is 4.74. The molecule has 0 radical (unpaired) electrons. The molecule has 19 heavy (non-hydrogen) atoms. The van der Waals surface area contributed by atoms with Gasteiger partial charge in [0.25, 0.3) is 0 Å². The lowest BCUT2D eigenvalue weighted by Gasteiger charge is -2.22. The van der Waals surface area contributed by atoms with Crippen LogP contribution in [0.1, 0.15) is 44.9 Å². The van der Waals surface area contributed by atoms with Crippen LogP contribution in [0.2, 0.25) is 0 Å². The van der Waals surface area contributed by atoms with Gasteiger partial charge in [0.1, 0.15) is 0 Å². The highest BCUT2D eigenvalue weighted by molar-refractivity contribution is 7.98. The van der Waals surface area contributed by atoms with Gasteiger partial charge in [0.2, 0.25) is 11.8 Å². The van der Waals surface area contributed by atoms with Crippen LogP contribution in [0, 0.1) is 0 Å². The molecule has 1 heterocycles. The zero-order valence-corrected chi connectivity index (χ0v) is 12.5. The lowest BCUT2D eigenvalue weighted by Crippen LogP contribution is -2.43. The van der Waals surface area contributed by atoms with E-state index in [1.807, 2.05) is 11.8 Å². The van der Waals surface area contributed by atoms with Crippen molar-refractivity contribution in [1.82, 2.24) is 10.2 Å². The van der Waals surface area contributed by atoms with Crippen LogP contribution < -0.4 is 5.32 Å². The van der Waals surface area contributed by atoms with Gasteiger partial charge in [-0.2, -0.15) is 11.8 Å². The van der Waals surface area contributed by atoms with E-state index in [0.29, 0.717) is 6.42 Å². The standard InChI is InChI=1S/C14H24N2O2S/c1-19-9-5-4-8-15-12-10-13(17)16(14(12)18)11-6-2-3-7-11/h11-12,15H,2-10H2,1H3. The Morgan fingerprint density at radius 1 is 1.26 bits per heavy atom. The summed E-state index contributed by atoms with van der Waals surface area (Å²) in [6, 6.07) is -0.0781. The molecule has 0 aromatic rings. The normalized spacial score (nSPS) is 24.7. The van der Waals surface area contributed by atoms with Gasteiger partial charge in [0.05, 0.1) is 12.5 Å². The number of unbranched alkanes of at least 4 members (excludes halogenated alkanes) is 1. The molecule has 1 atom stereocenters. The molecule has 1 N–H and O–H groups in total. The summed E-state index contributed by atoms with van der Waals surface area (Å²) in [4.78, 5) is 25.8. The van der Waals surface area contributed by atoms with Crippen LogP contribution in [0.5, 0.6) is 0 Å². The summed E-state index contributed by atoms with van der Waals surface area (Å²) in [5, 5.41) is 3.25. The summed E-state index contributed by atoms with van der Waals surface area (Å²) in [6.07, 6.45) is 8.99. The first-order chi connectivity index (χ1) is 9.24. The maximum Gasteiger partial charge on any atom is 0.247 e. The van der Waals surface area contributed by atoms with Crippen molar-refractivity contribution in [2.45, 2.75) is 57.0 Å². The lowest BCUT2D eigenvalue weighted by molar-refractivity contribution is -0.141. The van der Waals surface area contributed by atoms with Crippen molar-refractivity contribution in [3.05, 3.63) is 0 Å². The van der Waals surface area contributed by atoms with E-state index in [4.69, 9.17) is 0 Å². The molecule has 2 rings (SSSR count). The van der Waals surface area contributed by atoms with Crippen LogP contribution in [-0.4, -0.2) is 47.4 Å². The van der Waals surface area contributed by atoms with E-state index in [9.17, 15) is 9.59 Å². The van der Waals surface area contributed by atoms with Gasteiger partial charge in [-0.3, -0.25) is 14.5 Å². The minimum atomic E-state index is -0.262. The summed E-state index contributed by atoms with van der Waals surface area (Å²) in [7, 11) is 0. The molecular weight excluding hydrogens is 260 g/mol. The van der Waals surface area contributed by atoms with Crippen molar-refractivity contribution in [1.29, 1.82) is 0 Å². The van der Waals surface area contributed by atoms with Gasteiger partial charge in [-0.15, -0.1) is 0 Å². The number of nitrogens with zero attached hydrogens (tertiary/aromatic N) is 1. The number of nitrogens with one attached hydrogen (secondary N) is 1. The molecule has 1 aliphatic carbocycles. The number of likely N-dealkylation sites (tertiary alicyclic amines) is 1. The van der Waals surface area contributed by atoms with E-state index in [1.54, 1.807) is 4.90 Å². The van der Waals surface area contributed by atoms with E-state index in [0.717, 1.165) is 50.8 Å². The van der Waals surface area contributed by atoms with Crippen LogP contribution >= 0.6 is 11.8 Å². The van der Waals surface area contributed by atoms with Crippen molar-refractivity contribution in [2.75, 3.05) is 18.6 Å². The van der Waals surface area contributed by atoms with Crippen LogP contribution in [0.15, 0.2) is 0 Å². The van der Waals surface area contributed by atoms with Crippen molar-refractivity contribution >= 4 is 23.6 Å². The number of imide groups is 1. The number of amides is 2. The van der Waals surface area contributed by atoms with Crippen LogP contribution in [0.25, 0.3) is 0 Å². The van der Waals surface area contributed by atoms with E-state index in [-0.39, 0.29) is 23.9 Å². The highest BCUT2D eigenvalue weighted by Gasteiger charge is 2.42. The zero-order valence-electron chi connectivity index (χ0n) is 11.7. The SMILES string of the molecule is CSCCCCNC1CC(=O)N(C2CCCC2)C1=O. The van der Waals surface area contributed by atoms with Crippen molar-refractivity contribution in [2.24, 2.45) is 0 Å². The largest absolute Gasteiger partial charge is 0.305 e. The number of carbonyl (C=O) groups excluding carboxylic acids is 2. The highest BCUT2D eigenvalue weighted by Crippen LogP contribution is 2.28. The molecular formula is C14H24N2O2S. The fraction of sp³-hybridized carbons (Fsp3) is 0.857. The van der Waals surface area contributed by atoms with E-state index >= 15 is 0 Å². The van der Waals surface area contributed by atoms with Gasteiger partial charge in [-0.1, -0.05) is 12.8 Å². The van der Waals surface area contributed by atoms with E-state index in [2.05, 4.69) is 11.6 Å². The highest BCUT2D eigenvalue weighted by atomic mass is 32.2. The van der Waals surface area contributed by atoms with E-state index < -0.39 is 0 Å². The first-order valence-electron chi connectivity index (χ1n) is 7.32. The molecule has 1 saturated heterocycles. The van der Waals surface area contributed by atoms with Crippen molar-refractivity contribution < 1.29 is 9.59 Å². The third-order valence-electron chi connectivity index (χ3n) is 4.04. The maximum absolute atomic E-state index is 12.3. The summed E-state index contributed by atoms with van der Waals surface area (Å²) < 4.78 is 0. The second kappa shape index (κ2) is 7.29. The predicted octanol–water partition coefficient (Wildman–Crippen LogP) is 1.79. The molecule has 4 nitrogen and oxygen atoms in total. The summed E-state index contributed by atoms with van der Waals surface area (Å²) in [6.45, 7) is 0.836. The van der Waals surface area contributed by atoms with Crippen molar-refractivity contribution in [3.63, 3.8) is 0 Å². The molecule has 5 heteroatoms. The van der Waals surface area contributed by atoms with Gasteiger partial charge in [-0.05, 0) is 44.2 Å². The number of carbonyl (C=O) groups is 2. The smallest absolute Gasteiger partial charge is 0.247 e. The fourth-order valence-electron chi connectivity index (χ4n) is 3.00. The topological polar surface area (TPSA) is 49.4 Å². The molecule has 1 aliphatic heterocycles. The molecule has 0 spiro atoms. The monoisotopic (exact) mass is 284 g/mol. The Morgan fingerprint density at radius 3 is 2.68 bits per heavy atom. The number of hydrogen-bond acceptors (Lipinski definition) is 4. The molecule has 1 unspecified atom stereocenters. The number of thioether (sulfide) groups is 1. The Balaban J connectivity index is 1.77. The lowest BCUT2D eigenvalue weighted by atomic mass is 10.2. The predicted molar refractivity (Wildman–Crippen MR) is 78.1 cm³/mol. The van der Waals surface area contributed by atoms with Crippen LogP contribution in [0.3, 0.4) is 0 Å². The minimum Gasteiger partial charge on any atom is -0.305 e. The molecule has 0 aromatic carbocycles. The van der Waals surface area contributed by atoms with Crippen LogP contribution in [-0.2, 0) is 9.59 Å². The number of hydrogen-bond donors (Lipinski definition) is 1. The Kier molecular flexibility index (Phi) is 5.70. The quantitative estimate of drug-likeness (QED) is 0.572. The Hall–Kier alpha value is -0.550. The van der Waals surface area contributed by atoms with Gasteiger partial charge < -0.3 is 5.32 Å². The first kappa shape index (κ1) is 14.9. The first-order valence-corrected chi connectivity index (χ1v) is 8.71. The summed E-state index contributed by atoms with van der Waals surface area (Å²) in [5.41, 5.74) is 0. The molecule has 1 saturated carbocycles. The zero-order chi connectivity index (χ0) is 13.7. The Bertz CT molecular complexity index is 329. The Morgan fingerprint density at radius 2 is 2.00 bits per heavy atom. The average molecular weight is 284 g/mol. The van der Waals surface area contributed by atoms with Crippen LogP contribution in [0.4, 0.5) is 0 Å². The van der Waals surface area contributed by atoms with Gasteiger partial charge in [0.15, 0.2) is 0 Å². The molecule has 2 amide bonds. The maximum atomic E-state index is 12.3. The molecule has 0 bridgehead atoms. The summed E-state index contributed by atoms with van der Waals surface area (Å²) >= 11 is 1.85. The molecule has 108 valence electrons. The summed E-state index contributed by atoms with van der Waals surface area (Å²) in [5.74, 6) is 1.20. The van der Waals surface area contributed by atoms with Gasteiger partial charge in [-0.25, -0.2) is 0 Å². The minimum absolute atomic E-state index is 0.0155. The van der Waals surface area contributed by atoms with Crippen molar-refractivity contribution in [3.8, 4) is 0 Å². The number of rotatable bonds is 7. The third kappa shape index (κ3) is 3.72. The van der Waals surface area contributed by atoms with Gasteiger partial charge >= 0.3 is 0 Å². The fourth-order valence-corrected chi connectivity index (χ4v) is 3.50. The molecule has 2 aliphatic rings. The molecule has 0 aromatic heterocycles. The second-order valence-electron chi connectivity index (χ2n) is 5.45. The average Bonchev–Trinajstić information content (AvgIpc) is 2.98. The molecule has 2 fully saturated rings. The second-order valence-corrected chi connectivity index (χ2v) is 6.44. The van der Waals surface area contributed by atoms with Gasteiger partial charge in [0, 0.05) is 6.04 Å². The Labute approximate surface area is 119 Å². The van der Waals surface area contributed by atoms with E-state index in [1.165, 1.54) is 0 Å².